The zero-order chi connectivity index (χ0) is 12.3. The Morgan fingerprint density at radius 3 is 2.47 bits per heavy atom. The summed E-state index contributed by atoms with van der Waals surface area (Å²) in [6, 6.07) is 0.508. The molecule has 2 aliphatic rings. The zero-order valence-corrected chi connectivity index (χ0v) is 10.7. The van der Waals surface area contributed by atoms with Crippen molar-refractivity contribution in [3.63, 3.8) is 0 Å². The Bertz CT molecular complexity index is 258. The first-order valence-corrected chi connectivity index (χ1v) is 6.81. The second-order valence-corrected chi connectivity index (χ2v) is 5.54. The third-order valence-corrected chi connectivity index (χ3v) is 4.01. The Kier molecular flexibility index (Phi) is 4.40. The van der Waals surface area contributed by atoms with Gasteiger partial charge in [-0.25, -0.2) is 0 Å². The molecule has 0 atom stereocenters. The molecule has 0 saturated heterocycles. The van der Waals surface area contributed by atoms with E-state index >= 15 is 0 Å². The van der Waals surface area contributed by atoms with Crippen LogP contribution in [0.2, 0.25) is 0 Å². The molecular formula is C13H24N2O2. The van der Waals surface area contributed by atoms with Crippen LogP contribution in [0.15, 0.2) is 0 Å². The van der Waals surface area contributed by atoms with Gasteiger partial charge in [0.25, 0.3) is 0 Å². The second-order valence-electron chi connectivity index (χ2n) is 5.54. The van der Waals surface area contributed by atoms with Crippen molar-refractivity contribution in [3.8, 4) is 0 Å². The van der Waals surface area contributed by atoms with Gasteiger partial charge in [0.2, 0.25) is 5.91 Å². The van der Waals surface area contributed by atoms with E-state index in [4.69, 9.17) is 0 Å². The molecule has 4 heteroatoms. The van der Waals surface area contributed by atoms with Gasteiger partial charge in [0.05, 0.1) is 12.6 Å². The van der Waals surface area contributed by atoms with Crippen LogP contribution in [0.3, 0.4) is 0 Å². The van der Waals surface area contributed by atoms with Crippen molar-refractivity contribution in [2.75, 3.05) is 20.1 Å². The molecule has 0 aromatic carbocycles. The molecule has 2 aliphatic carbocycles. The Morgan fingerprint density at radius 2 is 1.88 bits per heavy atom. The quantitative estimate of drug-likeness (QED) is 0.745. The Morgan fingerprint density at radius 1 is 1.24 bits per heavy atom. The average Bonchev–Trinajstić information content (AvgIpc) is 3.14. The largest absolute Gasteiger partial charge is 0.393 e. The van der Waals surface area contributed by atoms with Crippen molar-refractivity contribution >= 4 is 5.91 Å². The molecule has 0 aromatic heterocycles. The van der Waals surface area contributed by atoms with Gasteiger partial charge < -0.3 is 15.3 Å². The lowest BCUT2D eigenvalue weighted by atomic mass is 9.87. The predicted molar refractivity (Wildman–Crippen MR) is 66.6 cm³/mol. The van der Waals surface area contributed by atoms with E-state index in [1.54, 1.807) is 0 Å². The fraction of sp³-hybridized carbons (Fsp3) is 0.923. The van der Waals surface area contributed by atoms with Crippen LogP contribution in [-0.2, 0) is 4.79 Å². The molecule has 2 saturated carbocycles. The van der Waals surface area contributed by atoms with E-state index in [9.17, 15) is 9.90 Å². The molecule has 4 nitrogen and oxygen atoms in total. The van der Waals surface area contributed by atoms with Gasteiger partial charge in [0.1, 0.15) is 0 Å². The topological polar surface area (TPSA) is 52.6 Å². The highest BCUT2D eigenvalue weighted by Crippen LogP contribution is 2.25. The summed E-state index contributed by atoms with van der Waals surface area (Å²) in [5.41, 5.74) is 0. The Balaban J connectivity index is 1.57. The number of likely N-dealkylation sites (N-methyl/N-ethyl adjacent to an activating group) is 1. The minimum absolute atomic E-state index is 0.0890. The van der Waals surface area contributed by atoms with Gasteiger partial charge in [-0.3, -0.25) is 4.79 Å². The van der Waals surface area contributed by atoms with E-state index in [-0.39, 0.29) is 12.0 Å². The van der Waals surface area contributed by atoms with Crippen molar-refractivity contribution in [1.29, 1.82) is 0 Å². The van der Waals surface area contributed by atoms with Gasteiger partial charge in [-0.2, -0.15) is 0 Å². The van der Waals surface area contributed by atoms with Crippen molar-refractivity contribution in [3.05, 3.63) is 0 Å². The monoisotopic (exact) mass is 240 g/mol. The SMILES string of the molecule is CN(C(=O)CNCC1CCC(O)CC1)C1CC1. The smallest absolute Gasteiger partial charge is 0.236 e. The maximum absolute atomic E-state index is 11.7. The lowest BCUT2D eigenvalue weighted by Gasteiger charge is -2.25. The fourth-order valence-corrected chi connectivity index (χ4v) is 2.52. The van der Waals surface area contributed by atoms with Crippen LogP contribution in [0, 0.1) is 5.92 Å². The van der Waals surface area contributed by atoms with Crippen molar-refractivity contribution in [1.82, 2.24) is 10.2 Å². The van der Waals surface area contributed by atoms with Gasteiger partial charge in [-0.05, 0) is 51.0 Å². The summed E-state index contributed by atoms with van der Waals surface area (Å²) in [5, 5.41) is 12.7. The molecule has 2 fully saturated rings. The van der Waals surface area contributed by atoms with Gasteiger partial charge in [0.15, 0.2) is 0 Å². The first-order chi connectivity index (χ1) is 8.16. The van der Waals surface area contributed by atoms with Gasteiger partial charge in [0, 0.05) is 13.1 Å². The minimum Gasteiger partial charge on any atom is -0.393 e. The molecule has 2 rings (SSSR count). The molecule has 0 aromatic rings. The standard InChI is InChI=1S/C13H24N2O2/c1-15(11-4-5-11)13(17)9-14-8-10-2-6-12(16)7-3-10/h10-12,14,16H,2-9H2,1H3. The number of carbonyl (C=O) groups excluding carboxylic acids is 1. The molecule has 17 heavy (non-hydrogen) atoms. The van der Waals surface area contributed by atoms with E-state index in [1.807, 2.05) is 11.9 Å². The maximum Gasteiger partial charge on any atom is 0.236 e. The third kappa shape index (κ3) is 3.96. The van der Waals surface area contributed by atoms with Gasteiger partial charge in [-0.1, -0.05) is 0 Å². The summed E-state index contributed by atoms with van der Waals surface area (Å²) in [6.07, 6.45) is 6.26. The van der Waals surface area contributed by atoms with Crippen molar-refractivity contribution in [2.24, 2.45) is 5.92 Å². The Labute approximate surface area is 103 Å². The summed E-state index contributed by atoms with van der Waals surface area (Å²) in [7, 11) is 1.90. The second kappa shape index (κ2) is 5.83. The summed E-state index contributed by atoms with van der Waals surface area (Å²) in [4.78, 5) is 13.6. The normalized spacial score (nSPS) is 29.1. The lowest BCUT2D eigenvalue weighted by Crippen LogP contribution is -2.39. The van der Waals surface area contributed by atoms with E-state index < -0.39 is 0 Å². The molecule has 0 heterocycles. The number of hydrogen-bond acceptors (Lipinski definition) is 3. The lowest BCUT2D eigenvalue weighted by molar-refractivity contribution is -0.129. The third-order valence-electron chi connectivity index (χ3n) is 4.01. The Hall–Kier alpha value is -0.610. The fourth-order valence-electron chi connectivity index (χ4n) is 2.52. The van der Waals surface area contributed by atoms with E-state index in [1.165, 1.54) is 12.8 Å². The van der Waals surface area contributed by atoms with Crippen LogP contribution in [0.4, 0.5) is 0 Å². The highest BCUT2D eigenvalue weighted by atomic mass is 16.3. The van der Waals surface area contributed by atoms with Gasteiger partial charge in [-0.15, -0.1) is 0 Å². The first-order valence-electron chi connectivity index (χ1n) is 6.81. The van der Waals surface area contributed by atoms with Crippen LogP contribution >= 0.6 is 0 Å². The van der Waals surface area contributed by atoms with Crippen LogP contribution in [0.25, 0.3) is 0 Å². The molecular weight excluding hydrogens is 216 g/mol. The first kappa shape index (κ1) is 12.8. The summed E-state index contributed by atoms with van der Waals surface area (Å²) in [5.74, 6) is 0.848. The number of carbonyl (C=O) groups is 1. The predicted octanol–water partition coefficient (Wildman–Crippen LogP) is 0.748. The van der Waals surface area contributed by atoms with Crippen molar-refractivity contribution < 1.29 is 9.90 Å². The van der Waals surface area contributed by atoms with E-state index in [0.29, 0.717) is 18.5 Å². The van der Waals surface area contributed by atoms with E-state index in [0.717, 1.165) is 32.2 Å². The number of aliphatic hydroxyl groups is 1. The summed E-state index contributed by atoms with van der Waals surface area (Å²) in [6.45, 7) is 1.38. The molecule has 2 N–H and O–H groups in total. The highest BCUT2D eigenvalue weighted by Gasteiger charge is 2.29. The average molecular weight is 240 g/mol. The number of rotatable bonds is 5. The molecule has 1 amide bonds. The number of amides is 1. The molecule has 0 bridgehead atoms. The molecule has 0 aliphatic heterocycles. The van der Waals surface area contributed by atoms with E-state index in [2.05, 4.69) is 5.32 Å². The van der Waals surface area contributed by atoms with Gasteiger partial charge >= 0.3 is 0 Å². The highest BCUT2D eigenvalue weighted by molar-refractivity contribution is 5.78. The number of hydrogen-bond donors (Lipinski definition) is 2. The van der Waals surface area contributed by atoms with Crippen molar-refractivity contribution in [2.45, 2.75) is 50.7 Å². The zero-order valence-electron chi connectivity index (χ0n) is 10.7. The summed E-state index contributed by atoms with van der Waals surface area (Å²) >= 11 is 0. The summed E-state index contributed by atoms with van der Waals surface area (Å²) < 4.78 is 0. The minimum atomic E-state index is -0.0890. The van der Waals surface area contributed by atoms with Crippen LogP contribution in [0.5, 0.6) is 0 Å². The number of nitrogens with zero attached hydrogens (tertiary/aromatic N) is 1. The number of aliphatic hydroxyl groups excluding tert-OH is 1. The molecule has 98 valence electrons. The van der Waals surface area contributed by atoms with Crippen LogP contribution < -0.4 is 5.32 Å². The van der Waals surface area contributed by atoms with Crippen LogP contribution in [-0.4, -0.2) is 48.2 Å². The molecule has 0 radical (unpaired) electrons. The maximum atomic E-state index is 11.7. The number of nitrogens with one attached hydrogen (secondary N) is 1. The van der Waals surface area contributed by atoms with Crippen LogP contribution in [0.1, 0.15) is 38.5 Å². The molecule has 0 spiro atoms. The molecule has 0 unspecified atom stereocenters.